The quantitative estimate of drug-likeness (QED) is 0.844. The molecule has 1 fully saturated rings. The minimum absolute atomic E-state index is 0.273. The summed E-state index contributed by atoms with van der Waals surface area (Å²) in [6, 6.07) is 5.22. The van der Waals surface area contributed by atoms with Gasteiger partial charge in [-0.2, -0.15) is 0 Å². The predicted molar refractivity (Wildman–Crippen MR) is 111 cm³/mol. The van der Waals surface area contributed by atoms with Gasteiger partial charge < -0.3 is 19.9 Å². The van der Waals surface area contributed by atoms with Crippen molar-refractivity contribution >= 4 is 17.6 Å². The fraction of sp³-hybridized carbons (Fsp3) is 0.476. The number of aromatic nitrogens is 2. The number of ether oxygens (including phenoxy) is 1. The van der Waals surface area contributed by atoms with E-state index in [0.29, 0.717) is 44.2 Å². The first-order valence-corrected chi connectivity index (χ1v) is 9.75. The molecule has 156 valence electrons. The summed E-state index contributed by atoms with van der Waals surface area (Å²) >= 11 is 0. The van der Waals surface area contributed by atoms with Crippen LogP contribution >= 0.6 is 0 Å². The molecule has 3 rings (SSSR count). The predicted octanol–water partition coefficient (Wildman–Crippen LogP) is 3.59. The largest absolute Gasteiger partial charge is 0.444 e. The molecule has 1 aliphatic heterocycles. The number of aryl methyl sites for hydroxylation is 1. The van der Waals surface area contributed by atoms with Gasteiger partial charge in [0.15, 0.2) is 0 Å². The van der Waals surface area contributed by atoms with Crippen molar-refractivity contribution in [3.8, 4) is 0 Å². The van der Waals surface area contributed by atoms with Gasteiger partial charge in [-0.1, -0.05) is 6.07 Å². The van der Waals surface area contributed by atoms with E-state index in [0.717, 1.165) is 11.3 Å². The third-order valence-corrected chi connectivity index (χ3v) is 4.51. The summed E-state index contributed by atoms with van der Waals surface area (Å²) < 4.78 is 20.1. The zero-order valence-corrected chi connectivity index (χ0v) is 17.4. The molecule has 0 unspecified atom stereocenters. The molecule has 29 heavy (non-hydrogen) atoms. The summed E-state index contributed by atoms with van der Waals surface area (Å²) in [5.41, 5.74) is 1.67. The van der Waals surface area contributed by atoms with Crippen LogP contribution in [-0.2, 0) is 11.3 Å². The van der Waals surface area contributed by atoms with E-state index in [2.05, 4.69) is 15.3 Å². The van der Waals surface area contributed by atoms with Crippen LogP contribution in [0.3, 0.4) is 0 Å². The van der Waals surface area contributed by atoms with E-state index in [9.17, 15) is 9.18 Å². The van der Waals surface area contributed by atoms with E-state index in [1.54, 1.807) is 23.4 Å². The number of hydrogen-bond donors (Lipinski definition) is 1. The second-order valence-electron chi connectivity index (χ2n) is 8.14. The molecule has 0 radical (unpaired) electrons. The lowest BCUT2D eigenvalue weighted by Crippen LogP contribution is -2.50. The van der Waals surface area contributed by atoms with E-state index < -0.39 is 5.60 Å². The number of anilines is 2. The number of carbonyl (C=O) groups is 1. The lowest BCUT2D eigenvalue weighted by molar-refractivity contribution is 0.0240. The van der Waals surface area contributed by atoms with Crippen molar-refractivity contribution in [3.05, 3.63) is 47.7 Å². The Morgan fingerprint density at radius 2 is 1.93 bits per heavy atom. The Kier molecular flexibility index (Phi) is 6.20. The lowest BCUT2D eigenvalue weighted by atomic mass is 10.1. The number of carbonyl (C=O) groups excluding carboxylic acids is 1. The Bertz CT molecular complexity index is 860. The molecule has 0 bridgehead atoms. The van der Waals surface area contributed by atoms with Gasteiger partial charge in [0, 0.05) is 38.9 Å². The Hall–Kier alpha value is -2.90. The molecule has 0 saturated carbocycles. The van der Waals surface area contributed by atoms with Gasteiger partial charge in [-0.3, -0.25) is 4.98 Å². The smallest absolute Gasteiger partial charge is 0.410 e. The van der Waals surface area contributed by atoms with Crippen LogP contribution in [0.1, 0.15) is 32.0 Å². The van der Waals surface area contributed by atoms with Crippen molar-refractivity contribution in [3.63, 3.8) is 0 Å². The summed E-state index contributed by atoms with van der Waals surface area (Å²) in [5.74, 6) is 0.387. The van der Waals surface area contributed by atoms with Crippen LogP contribution in [0.25, 0.3) is 0 Å². The summed E-state index contributed by atoms with van der Waals surface area (Å²) in [4.78, 5) is 24.2. The zero-order valence-electron chi connectivity index (χ0n) is 17.4. The highest BCUT2D eigenvalue weighted by molar-refractivity contribution is 5.68. The molecule has 1 amide bonds. The van der Waals surface area contributed by atoms with E-state index >= 15 is 0 Å². The van der Waals surface area contributed by atoms with Crippen molar-refractivity contribution in [1.29, 1.82) is 0 Å². The number of halogens is 1. The SMILES string of the molecule is Cc1cncc(NCc2ccc(N3CCN(C(=O)OC(C)(C)C)CC3)c(F)c2)n1. The standard InChI is InChI=1S/C21H28FN5O2/c1-15-12-23-14-19(25-15)24-13-16-5-6-18(17(22)11-16)26-7-9-27(10-8-26)20(28)29-21(2,3)4/h5-6,11-12,14H,7-10,13H2,1-4H3,(H,24,25). The summed E-state index contributed by atoms with van der Waals surface area (Å²) in [6.45, 7) is 10.00. The maximum absolute atomic E-state index is 14.7. The molecule has 2 heterocycles. The first-order valence-electron chi connectivity index (χ1n) is 9.75. The number of benzene rings is 1. The average Bonchev–Trinajstić information content (AvgIpc) is 2.65. The van der Waals surface area contributed by atoms with Crippen LogP contribution in [-0.4, -0.2) is 52.7 Å². The number of rotatable bonds is 4. The van der Waals surface area contributed by atoms with Gasteiger partial charge in [0.1, 0.15) is 17.2 Å². The highest BCUT2D eigenvalue weighted by Crippen LogP contribution is 2.23. The molecule has 1 aliphatic rings. The molecular weight excluding hydrogens is 373 g/mol. The van der Waals surface area contributed by atoms with E-state index in [4.69, 9.17) is 4.74 Å². The molecule has 2 aromatic rings. The molecule has 1 saturated heterocycles. The van der Waals surface area contributed by atoms with E-state index in [-0.39, 0.29) is 11.9 Å². The molecule has 0 atom stereocenters. The number of nitrogens with one attached hydrogen (secondary N) is 1. The molecule has 0 spiro atoms. The highest BCUT2D eigenvalue weighted by Gasteiger charge is 2.26. The van der Waals surface area contributed by atoms with Crippen LogP contribution in [0.4, 0.5) is 20.7 Å². The third-order valence-electron chi connectivity index (χ3n) is 4.51. The highest BCUT2D eigenvalue weighted by atomic mass is 19.1. The van der Waals surface area contributed by atoms with Gasteiger partial charge in [0.25, 0.3) is 0 Å². The maximum Gasteiger partial charge on any atom is 0.410 e. The number of nitrogens with zero attached hydrogens (tertiary/aromatic N) is 4. The van der Waals surface area contributed by atoms with Crippen molar-refractivity contribution in [1.82, 2.24) is 14.9 Å². The summed E-state index contributed by atoms with van der Waals surface area (Å²) in [6.07, 6.45) is 3.00. The fourth-order valence-electron chi connectivity index (χ4n) is 3.11. The molecule has 8 heteroatoms. The Morgan fingerprint density at radius 1 is 1.21 bits per heavy atom. The van der Waals surface area contributed by atoms with Crippen LogP contribution in [0.15, 0.2) is 30.6 Å². The molecular formula is C21H28FN5O2. The molecule has 7 nitrogen and oxygen atoms in total. The van der Waals surface area contributed by atoms with Gasteiger partial charge in [-0.05, 0) is 45.4 Å². The second kappa shape index (κ2) is 8.63. The van der Waals surface area contributed by atoms with Gasteiger partial charge in [0.2, 0.25) is 0 Å². The van der Waals surface area contributed by atoms with Gasteiger partial charge in [0.05, 0.1) is 17.6 Å². The first-order chi connectivity index (χ1) is 13.7. The fourth-order valence-corrected chi connectivity index (χ4v) is 3.11. The summed E-state index contributed by atoms with van der Waals surface area (Å²) in [7, 11) is 0. The van der Waals surface area contributed by atoms with Crippen molar-refractivity contribution in [2.45, 2.75) is 39.8 Å². The van der Waals surface area contributed by atoms with E-state index in [1.807, 2.05) is 38.7 Å². The molecule has 1 aromatic carbocycles. The minimum atomic E-state index is -0.520. The van der Waals surface area contributed by atoms with Crippen LogP contribution in [0, 0.1) is 12.7 Å². The Labute approximate surface area is 170 Å². The van der Waals surface area contributed by atoms with Crippen molar-refractivity contribution in [2.24, 2.45) is 0 Å². The molecule has 1 aromatic heterocycles. The zero-order chi connectivity index (χ0) is 21.0. The average molecular weight is 401 g/mol. The number of hydrogen-bond acceptors (Lipinski definition) is 6. The number of piperazine rings is 1. The lowest BCUT2D eigenvalue weighted by Gasteiger charge is -2.36. The van der Waals surface area contributed by atoms with Gasteiger partial charge >= 0.3 is 6.09 Å². The topological polar surface area (TPSA) is 70.6 Å². The van der Waals surface area contributed by atoms with Crippen LogP contribution < -0.4 is 10.2 Å². The molecule has 1 N–H and O–H groups in total. The van der Waals surface area contributed by atoms with E-state index in [1.165, 1.54) is 6.07 Å². The Morgan fingerprint density at radius 3 is 2.55 bits per heavy atom. The normalized spacial score (nSPS) is 14.7. The first kappa shape index (κ1) is 20.8. The van der Waals surface area contributed by atoms with Gasteiger partial charge in [-0.15, -0.1) is 0 Å². The Balaban J connectivity index is 1.56. The summed E-state index contributed by atoms with van der Waals surface area (Å²) in [5, 5.41) is 3.15. The monoisotopic (exact) mass is 401 g/mol. The van der Waals surface area contributed by atoms with Gasteiger partial charge in [-0.25, -0.2) is 14.2 Å². The number of amides is 1. The van der Waals surface area contributed by atoms with Crippen molar-refractivity contribution in [2.75, 3.05) is 36.4 Å². The second-order valence-corrected chi connectivity index (χ2v) is 8.14. The third kappa shape index (κ3) is 5.79. The van der Waals surface area contributed by atoms with Crippen LogP contribution in [0.5, 0.6) is 0 Å². The van der Waals surface area contributed by atoms with Crippen molar-refractivity contribution < 1.29 is 13.9 Å². The maximum atomic E-state index is 14.7. The van der Waals surface area contributed by atoms with Crippen LogP contribution in [0.2, 0.25) is 0 Å². The molecule has 0 aliphatic carbocycles. The minimum Gasteiger partial charge on any atom is -0.444 e.